The van der Waals surface area contributed by atoms with Crippen LogP contribution in [0.4, 0.5) is 0 Å². The SMILES string of the molecule is C[N+](=O)[O-].[Cl-]. The first-order chi connectivity index (χ1) is 1.73. The lowest BCUT2D eigenvalue weighted by Crippen LogP contribution is -3.00. The van der Waals surface area contributed by atoms with Crippen LogP contribution in [-0.2, 0) is 0 Å². The van der Waals surface area contributed by atoms with Crippen molar-refractivity contribution in [3.05, 3.63) is 10.1 Å². The highest BCUT2D eigenvalue weighted by molar-refractivity contribution is 3.91. The monoisotopic (exact) mass is 96.0 g/mol. The lowest BCUT2D eigenvalue weighted by atomic mass is 11.5. The molecule has 5 heavy (non-hydrogen) atoms. The summed E-state index contributed by atoms with van der Waals surface area (Å²) >= 11 is 0. The molecule has 0 unspecified atom stereocenters. The van der Waals surface area contributed by atoms with Gasteiger partial charge in [0, 0.05) is 4.92 Å². The van der Waals surface area contributed by atoms with Crippen molar-refractivity contribution in [2.75, 3.05) is 7.05 Å². The first kappa shape index (κ1) is 8.83. The van der Waals surface area contributed by atoms with E-state index in [1.54, 1.807) is 0 Å². The van der Waals surface area contributed by atoms with E-state index in [9.17, 15) is 0 Å². The number of halogens is 1. The second kappa shape index (κ2) is 3.69. The molecule has 0 amide bonds. The van der Waals surface area contributed by atoms with Crippen molar-refractivity contribution >= 4 is 0 Å². The lowest BCUT2D eigenvalue weighted by Gasteiger charge is -1.63. The Balaban J connectivity index is 0. The van der Waals surface area contributed by atoms with Gasteiger partial charge in [-0.15, -0.1) is 0 Å². The number of rotatable bonds is 0. The van der Waals surface area contributed by atoms with E-state index in [0.717, 1.165) is 7.05 Å². The molecule has 0 heterocycles. The predicted octanol–water partition coefficient (Wildman–Crippen LogP) is -3.10. The molecule has 32 valence electrons. The van der Waals surface area contributed by atoms with Gasteiger partial charge < -0.3 is 12.4 Å². The van der Waals surface area contributed by atoms with E-state index in [1.165, 1.54) is 0 Å². The maximum absolute atomic E-state index is 8.81. The lowest BCUT2D eigenvalue weighted by molar-refractivity contribution is -0.445. The molecule has 4 heteroatoms. The van der Waals surface area contributed by atoms with Crippen molar-refractivity contribution in [1.82, 2.24) is 0 Å². The van der Waals surface area contributed by atoms with Gasteiger partial charge in [0.25, 0.3) is 0 Å². The van der Waals surface area contributed by atoms with Gasteiger partial charge in [-0.25, -0.2) is 0 Å². The highest BCUT2D eigenvalue weighted by atomic mass is 35.5. The Morgan fingerprint density at radius 2 is 1.80 bits per heavy atom. The molecule has 0 aliphatic carbocycles. The zero-order chi connectivity index (χ0) is 3.58. The third-order valence-corrected chi connectivity index (χ3v) is 0. The van der Waals surface area contributed by atoms with Crippen LogP contribution in [0.3, 0.4) is 0 Å². The van der Waals surface area contributed by atoms with E-state index in [2.05, 4.69) is 0 Å². The van der Waals surface area contributed by atoms with Crippen LogP contribution in [0.2, 0.25) is 0 Å². The van der Waals surface area contributed by atoms with Crippen molar-refractivity contribution in [3.8, 4) is 0 Å². The topological polar surface area (TPSA) is 43.1 Å². The fourth-order valence-electron chi connectivity index (χ4n) is 0. The van der Waals surface area contributed by atoms with Gasteiger partial charge in [-0.3, -0.25) is 10.1 Å². The number of hydrogen-bond donors (Lipinski definition) is 0. The summed E-state index contributed by atoms with van der Waals surface area (Å²) in [6.45, 7) is 0. The Hall–Kier alpha value is -0.310. The average Bonchev–Trinajstić information content (AvgIpc) is 0.811. The zero-order valence-electron chi connectivity index (χ0n) is 2.64. The van der Waals surface area contributed by atoms with E-state index >= 15 is 0 Å². The van der Waals surface area contributed by atoms with Gasteiger partial charge in [-0.2, -0.15) is 0 Å². The van der Waals surface area contributed by atoms with Crippen LogP contribution in [-0.4, -0.2) is 12.0 Å². The van der Waals surface area contributed by atoms with Gasteiger partial charge in [0.1, 0.15) is 0 Å². The minimum atomic E-state index is -0.500. The van der Waals surface area contributed by atoms with Crippen molar-refractivity contribution in [3.63, 3.8) is 0 Å². The Kier molecular flexibility index (Phi) is 6.51. The van der Waals surface area contributed by atoms with Crippen LogP contribution in [0.5, 0.6) is 0 Å². The molecule has 0 radical (unpaired) electrons. The smallest absolute Gasteiger partial charge is 0.194 e. The summed E-state index contributed by atoms with van der Waals surface area (Å²) in [5.74, 6) is 0. The van der Waals surface area contributed by atoms with E-state index in [1.807, 2.05) is 0 Å². The fourth-order valence-corrected chi connectivity index (χ4v) is 0. The van der Waals surface area contributed by atoms with Crippen LogP contribution in [0, 0.1) is 10.1 Å². The first-order valence-corrected chi connectivity index (χ1v) is 0.812. The molecule has 0 aliphatic heterocycles. The summed E-state index contributed by atoms with van der Waals surface area (Å²) in [4.78, 5) is 8.31. The molecule has 0 aromatic rings. The Bertz CT molecular complexity index is 32.6. The largest absolute Gasteiger partial charge is 1.00 e. The van der Waals surface area contributed by atoms with Gasteiger partial charge >= 0.3 is 0 Å². The molecule has 0 saturated carbocycles. The summed E-state index contributed by atoms with van der Waals surface area (Å²) in [7, 11) is 0.889. The number of hydrogen-bond acceptors (Lipinski definition) is 2. The molecule has 0 bridgehead atoms. The molecule has 0 N–H and O–H groups in total. The average molecular weight is 96.5 g/mol. The number of nitro groups is 1. The van der Waals surface area contributed by atoms with Crippen LogP contribution >= 0.6 is 0 Å². The van der Waals surface area contributed by atoms with E-state index in [-0.39, 0.29) is 12.4 Å². The molecule has 0 atom stereocenters. The molecule has 0 saturated heterocycles. The van der Waals surface area contributed by atoms with Gasteiger partial charge in [-0.1, -0.05) is 0 Å². The minimum absolute atomic E-state index is 0. The van der Waals surface area contributed by atoms with E-state index in [0.29, 0.717) is 0 Å². The van der Waals surface area contributed by atoms with Crippen molar-refractivity contribution in [2.45, 2.75) is 0 Å². The summed E-state index contributed by atoms with van der Waals surface area (Å²) in [5, 5.41) is 8.81. The van der Waals surface area contributed by atoms with Crippen LogP contribution in [0.1, 0.15) is 0 Å². The molecule has 0 fully saturated rings. The standard InChI is InChI=1S/CH3NO2.ClH/c1-2(3)4;/h1H3;1H/p-1. The maximum Gasteiger partial charge on any atom is 0.194 e. The quantitative estimate of drug-likeness (QED) is 0.237. The highest BCUT2D eigenvalue weighted by Gasteiger charge is 1.57. The molecule has 3 nitrogen and oxygen atoms in total. The van der Waals surface area contributed by atoms with Crippen molar-refractivity contribution in [2.24, 2.45) is 0 Å². The Labute approximate surface area is 35.5 Å². The minimum Gasteiger partial charge on any atom is -1.00 e. The van der Waals surface area contributed by atoms with Crippen LogP contribution < -0.4 is 12.4 Å². The van der Waals surface area contributed by atoms with Crippen molar-refractivity contribution < 1.29 is 17.3 Å². The molecule has 0 spiro atoms. The summed E-state index contributed by atoms with van der Waals surface area (Å²) < 4.78 is 0. The van der Waals surface area contributed by atoms with Crippen LogP contribution in [0.25, 0.3) is 0 Å². The van der Waals surface area contributed by atoms with Crippen molar-refractivity contribution in [1.29, 1.82) is 0 Å². The van der Waals surface area contributed by atoms with Gasteiger partial charge in [0.05, 0.1) is 0 Å². The maximum atomic E-state index is 8.81. The predicted molar refractivity (Wildman–Crippen MR) is 12.9 cm³/mol. The number of nitrogens with zero attached hydrogens (tertiary/aromatic N) is 1. The summed E-state index contributed by atoms with van der Waals surface area (Å²) in [5.41, 5.74) is 0. The van der Waals surface area contributed by atoms with Gasteiger partial charge in [0.15, 0.2) is 7.05 Å². The Morgan fingerprint density at radius 1 is 1.80 bits per heavy atom. The third kappa shape index (κ3) is 110. The second-order valence-electron chi connectivity index (χ2n) is 0.440. The van der Waals surface area contributed by atoms with E-state index < -0.39 is 4.92 Å². The van der Waals surface area contributed by atoms with Gasteiger partial charge in [0.2, 0.25) is 0 Å². The molecular formula is CH3ClNO2-. The fraction of sp³-hybridized carbons (Fsp3) is 1.00. The molecule has 0 rings (SSSR count). The molecule has 0 aromatic heterocycles. The Morgan fingerprint density at radius 3 is 1.80 bits per heavy atom. The molecule has 0 aromatic carbocycles. The highest BCUT2D eigenvalue weighted by Crippen LogP contribution is 1.39. The summed E-state index contributed by atoms with van der Waals surface area (Å²) in [6.07, 6.45) is 0. The second-order valence-corrected chi connectivity index (χ2v) is 0.440. The third-order valence-electron chi connectivity index (χ3n) is 0. The van der Waals surface area contributed by atoms with Crippen LogP contribution in [0.15, 0.2) is 0 Å². The normalized spacial score (nSPS) is 5.00. The van der Waals surface area contributed by atoms with E-state index in [4.69, 9.17) is 10.1 Å². The summed E-state index contributed by atoms with van der Waals surface area (Å²) in [6, 6.07) is 0. The zero-order valence-corrected chi connectivity index (χ0v) is 3.40. The molecular weight excluding hydrogens is 93.5 g/mol. The van der Waals surface area contributed by atoms with Gasteiger partial charge in [-0.05, 0) is 0 Å². The molecule has 0 aliphatic rings. The first-order valence-electron chi connectivity index (χ1n) is 0.812.